The van der Waals surface area contributed by atoms with Crippen molar-refractivity contribution in [2.75, 3.05) is 0 Å². The number of alkyl halides is 2. The fraction of sp³-hybridized carbons (Fsp3) is 0.273. The Morgan fingerprint density at radius 2 is 1.71 bits per heavy atom. The van der Waals surface area contributed by atoms with E-state index in [1.54, 1.807) is 0 Å². The molecule has 0 spiro atoms. The lowest BCUT2D eigenvalue weighted by Crippen LogP contribution is -2.14. The molecule has 10 heteroatoms. The molecule has 0 fully saturated rings. The van der Waals surface area contributed by atoms with Crippen LogP contribution >= 0.6 is 7.60 Å². The van der Waals surface area contributed by atoms with Crippen molar-refractivity contribution >= 4 is 19.5 Å². The van der Waals surface area contributed by atoms with E-state index in [2.05, 4.69) is 4.74 Å². The average Bonchev–Trinajstić information content (AvgIpc) is 2.34. The first-order chi connectivity index (χ1) is 9.54. The lowest BCUT2D eigenvalue weighted by atomic mass is 10.1. The summed E-state index contributed by atoms with van der Waals surface area (Å²) >= 11 is 0. The number of hydrogen-bond acceptors (Lipinski definition) is 4. The van der Waals surface area contributed by atoms with E-state index in [4.69, 9.17) is 14.9 Å². The number of halogens is 2. The predicted octanol–water partition coefficient (Wildman–Crippen LogP) is 1.43. The van der Waals surface area contributed by atoms with Gasteiger partial charge in [-0.05, 0) is 5.56 Å². The summed E-state index contributed by atoms with van der Waals surface area (Å²) in [5.41, 5.74) is -4.93. The van der Waals surface area contributed by atoms with Gasteiger partial charge in [0.05, 0.1) is 0 Å². The maximum atomic E-state index is 13.3. The molecule has 0 aromatic heterocycles. The Labute approximate surface area is 117 Å². The van der Waals surface area contributed by atoms with Crippen LogP contribution in [0.3, 0.4) is 0 Å². The van der Waals surface area contributed by atoms with Crippen molar-refractivity contribution in [3.63, 3.8) is 0 Å². The highest BCUT2D eigenvalue weighted by molar-refractivity contribution is 7.52. The number of esters is 1. The fourth-order valence-electron chi connectivity index (χ4n) is 1.31. The van der Waals surface area contributed by atoms with Crippen molar-refractivity contribution in [3.8, 4) is 0 Å². The first-order valence-electron chi connectivity index (χ1n) is 5.44. The van der Waals surface area contributed by atoms with Gasteiger partial charge in [-0.2, -0.15) is 8.78 Å². The molecular formula is C11H11F2O7P. The first kappa shape index (κ1) is 17.2. The molecule has 116 valence electrons. The number of aliphatic carboxylic acids is 1. The van der Waals surface area contributed by atoms with E-state index in [0.717, 1.165) is 24.3 Å². The third-order valence-electron chi connectivity index (χ3n) is 2.36. The molecule has 0 atom stereocenters. The molecule has 0 unspecified atom stereocenters. The minimum atomic E-state index is -5.64. The fourth-order valence-corrected chi connectivity index (χ4v) is 1.79. The van der Waals surface area contributed by atoms with Crippen molar-refractivity contribution < 1.29 is 42.6 Å². The molecule has 1 rings (SSSR count). The largest absolute Gasteiger partial charge is 0.481 e. The molecule has 3 N–H and O–H groups in total. The Morgan fingerprint density at radius 1 is 1.19 bits per heavy atom. The van der Waals surface area contributed by atoms with Gasteiger partial charge in [0.1, 0.15) is 13.0 Å². The number of ether oxygens (including phenoxy) is 1. The monoisotopic (exact) mass is 324 g/mol. The zero-order valence-electron chi connectivity index (χ0n) is 10.4. The number of carbonyl (C=O) groups excluding carboxylic acids is 1. The van der Waals surface area contributed by atoms with Gasteiger partial charge in [-0.3, -0.25) is 14.2 Å². The molecule has 7 nitrogen and oxygen atoms in total. The molecule has 0 radical (unpaired) electrons. The first-order valence-corrected chi connectivity index (χ1v) is 7.05. The van der Waals surface area contributed by atoms with Crippen molar-refractivity contribution in [3.05, 3.63) is 35.4 Å². The second kappa shape index (κ2) is 6.30. The summed E-state index contributed by atoms with van der Waals surface area (Å²) < 4.78 is 41.9. The summed E-state index contributed by atoms with van der Waals surface area (Å²) in [7, 11) is -5.64. The van der Waals surface area contributed by atoms with Crippen LogP contribution in [-0.2, 0) is 31.2 Å². The second-order valence-electron chi connectivity index (χ2n) is 4.01. The topological polar surface area (TPSA) is 121 Å². The SMILES string of the molecule is O=C(O)CC(=O)OCc1ccc(C(F)(F)P(=O)(O)O)cc1. The quantitative estimate of drug-likeness (QED) is 0.411. The van der Waals surface area contributed by atoms with Gasteiger partial charge in [0.25, 0.3) is 0 Å². The maximum Gasteiger partial charge on any atom is 0.399 e. The zero-order valence-corrected chi connectivity index (χ0v) is 11.3. The highest BCUT2D eigenvalue weighted by Gasteiger charge is 2.50. The number of benzene rings is 1. The molecule has 0 aliphatic heterocycles. The Bertz CT molecular complexity index is 579. The van der Waals surface area contributed by atoms with E-state index in [1.165, 1.54) is 0 Å². The van der Waals surface area contributed by atoms with Gasteiger partial charge < -0.3 is 19.6 Å². The minimum absolute atomic E-state index is 0.263. The van der Waals surface area contributed by atoms with Gasteiger partial charge in [-0.1, -0.05) is 24.3 Å². The molecule has 0 amide bonds. The van der Waals surface area contributed by atoms with Crippen LogP contribution in [0.15, 0.2) is 24.3 Å². The molecule has 21 heavy (non-hydrogen) atoms. The van der Waals surface area contributed by atoms with Gasteiger partial charge in [-0.25, -0.2) is 0 Å². The van der Waals surface area contributed by atoms with E-state index >= 15 is 0 Å². The average molecular weight is 324 g/mol. The predicted molar refractivity (Wildman–Crippen MR) is 64.4 cm³/mol. The highest BCUT2D eigenvalue weighted by Crippen LogP contribution is 2.59. The Kier molecular flexibility index (Phi) is 5.16. The van der Waals surface area contributed by atoms with E-state index in [9.17, 15) is 22.9 Å². The van der Waals surface area contributed by atoms with Crippen LogP contribution in [0.2, 0.25) is 0 Å². The number of hydrogen-bond donors (Lipinski definition) is 3. The number of carbonyl (C=O) groups is 2. The van der Waals surface area contributed by atoms with Gasteiger partial charge in [0.15, 0.2) is 0 Å². The molecule has 0 heterocycles. The maximum absolute atomic E-state index is 13.3. The van der Waals surface area contributed by atoms with Gasteiger partial charge in [0, 0.05) is 5.56 Å². The van der Waals surface area contributed by atoms with Gasteiger partial charge >= 0.3 is 25.2 Å². The molecule has 1 aromatic rings. The summed E-state index contributed by atoms with van der Waals surface area (Å²) in [4.78, 5) is 38.3. The Morgan fingerprint density at radius 3 is 2.14 bits per heavy atom. The van der Waals surface area contributed by atoms with Crippen molar-refractivity contribution in [2.24, 2.45) is 0 Å². The van der Waals surface area contributed by atoms with Crippen LogP contribution in [-0.4, -0.2) is 26.8 Å². The Balaban J connectivity index is 2.73. The van der Waals surface area contributed by atoms with Crippen LogP contribution in [0.25, 0.3) is 0 Å². The van der Waals surface area contributed by atoms with Crippen LogP contribution in [0.4, 0.5) is 8.78 Å². The minimum Gasteiger partial charge on any atom is -0.481 e. The third-order valence-corrected chi connectivity index (χ3v) is 3.35. The second-order valence-corrected chi connectivity index (χ2v) is 5.66. The summed E-state index contributed by atoms with van der Waals surface area (Å²) in [5, 5.41) is 8.33. The standard InChI is InChI=1S/C11H11F2O7P/c12-11(13,21(17,18)19)8-3-1-7(2-4-8)6-20-10(16)5-9(14)15/h1-4H,5-6H2,(H,14,15)(H2,17,18,19). The zero-order chi connectivity index (χ0) is 16.3. The number of carboxylic acid groups (broad SMARTS) is 1. The van der Waals surface area contributed by atoms with E-state index < -0.39 is 37.2 Å². The molecule has 0 saturated heterocycles. The number of rotatable bonds is 6. The van der Waals surface area contributed by atoms with Crippen LogP contribution in [0, 0.1) is 0 Å². The van der Waals surface area contributed by atoms with E-state index in [-0.39, 0.29) is 12.2 Å². The number of carboxylic acids is 1. The highest BCUT2D eigenvalue weighted by atomic mass is 31.2. The molecule has 0 aliphatic rings. The summed E-state index contributed by atoms with van der Waals surface area (Å²) in [6.45, 7) is -0.339. The van der Waals surface area contributed by atoms with Crippen molar-refractivity contribution in [1.29, 1.82) is 0 Å². The Hall–Kier alpha value is -1.83. The molecule has 0 saturated carbocycles. The lowest BCUT2D eigenvalue weighted by Gasteiger charge is -2.18. The molecule has 0 bridgehead atoms. The van der Waals surface area contributed by atoms with Crippen molar-refractivity contribution in [2.45, 2.75) is 18.7 Å². The van der Waals surface area contributed by atoms with Crippen LogP contribution in [0.1, 0.15) is 17.5 Å². The summed E-state index contributed by atoms with van der Waals surface area (Å²) in [6.07, 6.45) is -0.825. The van der Waals surface area contributed by atoms with Crippen LogP contribution < -0.4 is 0 Å². The molecule has 0 aliphatic carbocycles. The third kappa shape index (κ3) is 4.59. The summed E-state index contributed by atoms with van der Waals surface area (Å²) in [6, 6.07) is 3.76. The van der Waals surface area contributed by atoms with E-state index in [1.807, 2.05) is 0 Å². The van der Waals surface area contributed by atoms with E-state index in [0.29, 0.717) is 0 Å². The van der Waals surface area contributed by atoms with Crippen molar-refractivity contribution in [1.82, 2.24) is 0 Å². The lowest BCUT2D eigenvalue weighted by molar-refractivity contribution is -0.152. The van der Waals surface area contributed by atoms with Gasteiger partial charge in [0.2, 0.25) is 0 Å². The van der Waals surface area contributed by atoms with Crippen LogP contribution in [0.5, 0.6) is 0 Å². The molecular weight excluding hydrogens is 313 g/mol. The normalized spacial score (nSPS) is 12.0. The summed E-state index contributed by atoms with van der Waals surface area (Å²) in [5.74, 6) is -2.36. The smallest absolute Gasteiger partial charge is 0.399 e. The molecule has 1 aromatic carbocycles. The van der Waals surface area contributed by atoms with Gasteiger partial charge in [-0.15, -0.1) is 0 Å².